The first-order chi connectivity index (χ1) is 8.83. The minimum Gasteiger partial charge on any atom is -0.461 e. The second kappa shape index (κ2) is 4.33. The van der Waals surface area contributed by atoms with E-state index in [1.165, 1.54) is 6.07 Å². The smallest absolute Gasteiger partial charge is 0.251 e. The molecular weight excluding hydrogens is 228 g/mol. The predicted octanol–water partition coefficient (Wildman–Crippen LogP) is 2.70. The standard InChI is InChI=1S/C14H10N2O2/c17-13-9-11(10-5-2-1-3-6-10)15-14(16-13)12-7-4-8-18-12/h1-9H,(H,15,16,17). The molecule has 88 valence electrons. The number of nitrogens with zero attached hydrogens (tertiary/aromatic N) is 1. The maximum absolute atomic E-state index is 11.6. The Hall–Kier alpha value is -2.62. The van der Waals surface area contributed by atoms with Crippen LogP contribution in [0.1, 0.15) is 0 Å². The molecule has 1 N–H and O–H groups in total. The third-order valence-corrected chi connectivity index (χ3v) is 2.57. The van der Waals surface area contributed by atoms with Gasteiger partial charge >= 0.3 is 0 Å². The Labute approximate surface area is 103 Å². The van der Waals surface area contributed by atoms with Gasteiger partial charge in [0, 0.05) is 11.6 Å². The topological polar surface area (TPSA) is 58.9 Å². The van der Waals surface area contributed by atoms with Crippen molar-refractivity contribution in [2.24, 2.45) is 0 Å². The summed E-state index contributed by atoms with van der Waals surface area (Å²) >= 11 is 0. The van der Waals surface area contributed by atoms with Gasteiger partial charge in [0.15, 0.2) is 11.6 Å². The van der Waals surface area contributed by atoms with E-state index < -0.39 is 0 Å². The van der Waals surface area contributed by atoms with Gasteiger partial charge in [-0.25, -0.2) is 4.98 Å². The van der Waals surface area contributed by atoms with Crippen molar-refractivity contribution in [3.63, 3.8) is 0 Å². The van der Waals surface area contributed by atoms with Gasteiger partial charge in [-0.2, -0.15) is 0 Å². The Balaban J connectivity index is 2.15. The molecule has 0 aliphatic carbocycles. The van der Waals surface area contributed by atoms with Crippen molar-refractivity contribution >= 4 is 0 Å². The molecule has 0 saturated carbocycles. The van der Waals surface area contributed by atoms with E-state index in [4.69, 9.17) is 4.42 Å². The normalized spacial score (nSPS) is 10.4. The fraction of sp³-hybridized carbons (Fsp3) is 0. The van der Waals surface area contributed by atoms with Crippen molar-refractivity contribution in [1.29, 1.82) is 0 Å². The third-order valence-electron chi connectivity index (χ3n) is 2.57. The molecule has 0 amide bonds. The SMILES string of the molecule is O=c1cc(-c2ccccc2)nc(-c2ccco2)[nH]1. The van der Waals surface area contributed by atoms with Gasteiger partial charge < -0.3 is 9.40 Å². The van der Waals surface area contributed by atoms with Crippen LogP contribution in [0.25, 0.3) is 22.8 Å². The molecule has 3 aromatic rings. The van der Waals surface area contributed by atoms with E-state index in [-0.39, 0.29) is 5.56 Å². The Bertz CT molecular complexity index is 700. The van der Waals surface area contributed by atoms with E-state index in [1.807, 2.05) is 30.3 Å². The summed E-state index contributed by atoms with van der Waals surface area (Å²) < 4.78 is 5.23. The third kappa shape index (κ3) is 1.96. The summed E-state index contributed by atoms with van der Waals surface area (Å²) in [5.41, 5.74) is 1.33. The molecule has 4 nitrogen and oxygen atoms in total. The van der Waals surface area contributed by atoms with Crippen molar-refractivity contribution in [2.75, 3.05) is 0 Å². The highest BCUT2D eigenvalue weighted by Gasteiger charge is 2.07. The van der Waals surface area contributed by atoms with Gasteiger partial charge in [-0.15, -0.1) is 0 Å². The van der Waals surface area contributed by atoms with Crippen molar-refractivity contribution in [1.82, 2.24) is 9.97 Å². The molecule has 0 unspecified atom stereocenters. The summed E-state index contributed by atoms with van der Waals surface area (Å²) in [4.78, 5) is 18.7. The molecule has 0 radical (unpaired) electrons. The average molecular weight is 238 g/mol. The van der Waals surface area contributed by atoms with Gasteiger partial charge in [0.1, 0.15) is 0 Å². The summed E-state index contributed by atoms with van der Waals surface area (Å²) in [6.07, 6.45) is 1.55. The first kappa shape index (κ1) is 10.5. The molecule has 0 spiro atoms. The van der Waals surface area contributed by atoms with E-state index in [2.05, 4.69) is 9.97 Å². The molecule has 0 aliphatic heterocycles. The molecule has 1 aromatic carbocycles. The van der Waals surface area contributed by atoms with Gasteiger partial charge in [0.05, 0.1) is 12.0 Å². The number of benzene rings is 1. The highest BCUT2D eigenvalue weighted by atomic mass is 16.3. The minimum absolute atomic E-state index is 0.199. The summed E-state index contributed by atoms with van der Waals surface area (Å²) in [7, 11) is 0. The lowest BCUT2D eigenvalue weighted by atomic mass is 10.1. The van der Waals surface area contributed by atoms with Crippen LogP contribution in [-0.2, 0) is 0 Å². The maximum atomic E-state index is 11.6. The number of aromatic nitrogens is 2. The largest absolute Gasteiger partial charge is 0.461 e. The second-order valence-corrected chi connectivity index (χ2v) is 3.82. The summed E-state index contributed by atoms with van der Waals surface area (Å²) in [5, 5.41) is 0. The van der Waals surface area contributed by atoms with Gasteiger partial charge in [-0.05, 0) is 12.1 Å². The number of H-pyrrole nitrogens is 1. The van der Waals surface area contributed by atoms with Gasteiger partial charge in [0.2, 0.25) is 0 Å². The molecule has 2 heterocycles. The van der Waals surface area contributed by atoms with Crippen LogP contribution >= 0.6 is 0 Å². The molecular formula is C14H10N2O2. The lowest BCUT2D eigenvalue weighted by Crippen LogP contribution is -2.08. The Morgan fingerprint density at radius 1 is 1.06 bits per heavy atom. The highest BCUT2D eigenvalue weighted by Crippen LogP contribution is 2.19. The quantitative estimate of drug-likeness (QED) is 0.746. The Morgan fingerprint density at radius 2 is 1.89 bits per heavy atom. The number of hydrogen-bond acceptors (Lipinski definition) is 3. The van der Waals surface area contributed by atoms with E-state index >= 15 is 0 Å². The zero-order valence-corrected chi connectivity index (χ0v) is 9.46. The molecule has 0 fully saturated rings. The predicted molar refractivity (Wildman–Crippen MR) is 68.0 cm³/mol. The van der Waals surface area contributed by atoms with E-state index in [0.717, 1.165) is 5.56 Å². The van der Waals surface area contributed by atoms with Crippen LogP contribution in [0, 0.1) is 0 Å². The second-order valence-electron chi connectivity index (χ2n) is 3.82. The molecule has 2 aromatic heterocycles. The Kier molecular flexibility index (Phi) is 2.53. The fourth-order valence-corrected chi connectivity index (χ4v) is 1.74. The zero-order valence-electron chi connectivity index (χ0n) is 9.46. The minimum atomic E-state index is -0.199. The molecule has 0 atom stereocenters. The van der Waals surface area contributed by atoms with Crippen LogP contribution in [0.5, 0.6) is 0 Å². The molecule has 3 rings (SSSR count). The lowest BCUT2D eigenvalue weighted by Gasteiger charge is -2.02. The first-order valence-corrected chi connectivity index (χ1v) is 5.53. The summed E-state index contributed by atoms with van der Waals surface area (Å²) in [5.74, 6) is 0.983. The van der Waals surface area contributed by atoms with Crippen molar-refractivity contribution in [3.8, 4) is 22.8 Å². The van der Waals surface area contributed by atoms with Crippen molar-refractivity contribution in [3.05, 3.63) is 65.1 Å². The van der Waals surface area contributed by atoms with Crippen LogP contribution < -0.4 is 5.56 Å². The van der Waals surface area contributed by atoms with Crippen molar-refractivity contribution in [2.45, 2.75) is 0 Å². The summed E-state index contributed by atoms with van der Waals surface area (Å²) in [6.45, 7) is 0. The van der Waals surface area contributed by atoms with Crippen LogP contribution in [0.15, 0.2) is 64.0 Å². The molecule has 0 bridgehead atoms. The van der Waals surface area contributed by atoms with E-state index in [0.29, 0.717) is 17.3 Å². The van der Waals surface area contributed by atoms with Crippen LogP contribution in [0.3, 0.4) is 0 Å². The number of aromatic amines is 1. The summed E-state index contributed by atoms with van der Waals surface area (Å²) in [6, 6.07) is 14.5. The first-order valence-electron chi connectivity index (χ1n) is 5.53. The highest BCUT2D eigenvalue weighted by molar-refractivity contribution is 5.61. The monoisotopic (exact) mass is 238 g/mol. The van der Waals surface area contributed by atoms with Gasteiger partial charge in [0.25, 0.3) is 5.56 Å². The Morgan fingerprint density at radius 3 is 2.61 bits per heavy atom. The molecule has 0 saturated heterocycles. The average Bonchev–Trinajstić information content (AvgIpc) is 2.93. The lowest BCUT2D eigenvalue weighted by molar-refractivity contribution is 0.577. The van der Waals surface area contributed by atoms with Gasteiger partial charge in [-0.3, -0.25) is 4.79 Å². The van der Waals surface area contributed by atoms with Crippen LogP contribution in [0.2, 0.25) is 0 Å². The molecule has 4 heteroatoms. The zero-order chi connectivity index (χ0) is 12.4. The number of nitrogens with one attached hydrogen (secondary N) is 1. The van der Waals surface area contributed by atoms with E-state index in [1.54, 1.807) is 18.4 Å². The molecule has 18 heavy (non-hydrogen) atoms. The molecule has 0 aliphatic rings. The van der Waals surface area contributed by atoms with Crippen molar-refractivity contribution < 1.29 is 4.42 Å². The van der Waals surface area contributed by atoms with Gasteiger partial charge in [-0.1, -0.05) is 30.3 Å². The fourth-order valence-electron chi connectivity index (χ4n) is 1.74. The number of hydrogen-bond donors (Lipinski definition) is 1. The number of furan rings is 1. The number of rotatable bonds is 2. The van der Waals surface area contributed by atoms with Crippen LogP contribution in [0.4, 0.5) is 0 Å². The maximum Gasteiger partial charge on any atom is 0.251 e. The van der Waals surface area contributed by atoms with Crippen LogP contribution in [-0.4, -0.2) is 9.97 Å². The van der Waals surface area contributed by atoms with E-state index in [9.17, 15) is 4.79 Å².